The molecule has 19 heavy (non-hydrogen) atoms. The summed E-state index contributed by atoms with van der Waals surface area (Å²) in [5.74, 6) is -3.67. The third-order valence-corrected chi connectivity index (χ3v) is 2.69. The first kappa shape index (κ1) is 19.7. The minimum absolute atomic E-state index is 0.248. The lowest BCUT2D eigenvalue weighted by Crippen LogP contribution is -2.23. The Labute approximate surface area is 113 Å². The molecule has 0 saturated heterocycles. The molecule has 0 aromatic heterocycles. The Kier molecular flexibility index (Phi) is 14.9. The highest BCUT2D eigenvalue weighted by atomic mass is 16.4. The number of carbonyl (C=O) groups excluding carboxylic acids is 1. The van der Waals surface area contributed by atoms with E-state index in [1.165, 1.54) is 25.7 Å². The maximum absolute atomic E-state index is 10.6. The van der Waals surface area contributed by atoms with Gasteiger partial charge < -0.3 is 10.2 Å². The zero-order valence-electron chi connectivity index (χ0n) is 11.4. The molecule has 0 amide bonds. The van der Waals surface area contributed by atoms with E-state index in [9.17, 15) is 9.59 Å². The predicted molar refractivity (Wildman–Crippen MR) is 69.8 cm³/mol. The summed E-state index contributed by atoms with van der Waals surface area (Å²) in [5, 5.41) is 22.7. The van der Waals surface area contributed by atoms with Crippen molar-refractivity contribution >= 4 is 18.0 Å². The number of carbonyl (C=O) groups is 2. The molecule has 110 valence electrons. The molecule has 6 heteroatoms. The quantitative estimate of drug-likeness (QED) is 0.245. The van der Waals surface area contributed by atoms with Crippen molar-refractivity contribution in [1.82, 2.24) is 0 Å². The molecular weight excluding hydrogens is 250 g/mol. The summed E-state index contributed by atoms with van der Waals surface area (Å²) in [6.45, 7) is 2.16. The third-order valence-electron chi connectivity index (χ3n) is 2.69. The molecule has 0 aromatic rings. The average molecular weight is 273 g/mol. The van der Waals surface area contributed by atoms with Crippen molar-refractivity contribution in [3.63, 3.8) is 0 Å². The van der Waals surface area contributed by atoms with Crippen LogP contribution in [0.4, 0.5) is 0 Å². The predicted octanol–water partition coefficient (Wildman–Crippen LogP) is 2.81. The molecule has 0 heterocycles. The van der Waals surface area contributed by atoms with E-state index >= 15 is 0 Å². The number of isocyanates is 1. The summed E-state index contributed by atoms with van der Waals surface area (Å²) in [7, 11) is 0. The Bertz CT molecular complexity index is 271. The molecular formula is C13H23NO5. The topological polar surface area (TPSA) is 116 Å². The maximum Gasteiger partial charge on any atom is 0.317 e. The van der Waals surface area contributed by atoms with Crippen LogP contribution in [0.25, 0.3) is 0 Å². The number of rotatable bonds is 10. The van der Waals surface area contributed by atoms with Crippen LogP contribution >= 0.6 is 0 Å². The van der Waals surface area contributed by atoms with Gasteiger partial charge in [0.25, 0.3) is 0 Å². The number of hydrogen-bond donors (Lipinski definition) is 3. The number of carboxylic acid groups (broad SMARTS) is 2. The van der Waals surface area contributed by atoms with Gasteiger partial charge >= 0.3 is 11.9 Å². The lowest BCUT2D eigenvalue weighted by molar-refractivity contribution is -0.154. The Morgan fingerprint density at radius 2 is 1.37 bits per heavy atom. The molecule has 0 atom stereocenters. The van der Waals surface area contributed by atoms with Gasteiger partial charge in [-0.15, -0.1) is 0 Å². The van der Waals surface area contributed by atoms with Crippen molar-refractivity contribution in [3.8, 4) is 0 Å². The van der Waals surface area contributed by atoms with Crippen LogP contribution in [-0.4, -0.2) is 28.2 Å². The van der Waals surface area contributed by atoms with Crippen molar-refractivity contribution in [2.24, 2.45) is 5.92 Å². The molecule has 6 nitrogen and oxygen atoms in total. The van der Waals surface area contributed by atoms with Gasteiger partial charge in [0.15, 0.2) is 5.92 Å². The molecule has 0 spiro atoms. The Hall–Kier alpha value is -1.68. The lowest BCUT2D eigenvalue weighted by Gasteiger charge is -2.06. The van der Waals surface area contributed by atoms with Gasteiger partial charge in [0, 0.05) is 0 Å². The van der Waals surface area contributed by atoms with Crippen LogP contribution in [0.15, 0.2) is 0 Å². The van der Waals surface area contributed by atoms with Gasteiger partial charge in [0.05, 0.1) is 0 Å². The Morgan fingerprint density at radius 1 is 1.00 bits per heavy atom. The lowest BCUT2D eigenvalue weighted by atomic mass is 10.0. The van der Waals surface area contributed by atoms with E-state index in [0.717, 1.165) is 18.9 Å². The molecule has 0 saturated carbocycles. The molecule has 3 N–H and O–H groups in total. The van der Waals surface area contributed by atoms with E-state index in [1.54, 1.807) is 0 Å². The summed E-state index contributed by atoms with van der Waals surface area (Å²) in [5.41, 5.74) is 0. The van der Waals surface area contributed by atoms with Crippen molar-refractivity contribution < 1.29 is 24.6 Å². The highest BCUT2D eigenvalue weighted by molar-refractivity contribution is 5.92. The van der Waals surface area contributed by atoms with Crippen molar-refractivity contribution in [2.45, 2.75) is 58.3 Å². The monoisotopic (exact) mass is 273 g/mol. The minimum Gasteiger partial charge on any atom is -0.481 e. The number of nitrogens with one attached hydrogen (secondary N) is 1. The molecule has 0 aliphatic rings. The summed E-state index contributed by atoms with van der Waals surface area (Å²) in [6.07, 6.45) is 8.53. The van der Waals surface area contributed by atoms with Crippen LogP contribution in [0.1, 0.15) is 58.3 Å². The number of aliphatic carboxylic acids is 2. The van der Waals surface area contributed by atoms with Gasteiger partial charge in [-0.05, 0) is 6.42 Å². The largest absolute Gasteiger partial charge is 0.481 e. The number of unbranched alkanes of at least 4 members (excludes halogenated alkanes) is 6. The summed E-state index contributed by atoms with van der Waals surface area (Å²) in [6, 6.07) is 0. The van der Waals surface area contributed by atoms with E-state index in [1.807, 2.05) is 0 Å². The van der Waals surface area contributed by atoms with Crippen LogP contribution in [-0.2, 0) is 14.4 Å². The third kappa shape index (κ3) is 14.3. The first-order valence-corrected chi connectivity index (χ1v) is 6.50. The second-order valence-electron chi connectivity index (χ2n) is 4.24. The fourth-order valence-electron chi connectivity index (χ4n) is 1.66. The van der Waals surface area contributed by atoms with Crippen LogP contribution in [0.2, 0.25) is 0 Å². The summed E-state index contributed by atoms with van der Waals surface area (Å²) < 4.78 is 0. The fourth-order valence-corrected chi connectivity index (χ4v) is 1.66. The molecule has 0 rings (SSSR count). The summed E-state index contributed by atoms with van der Waals surface area (Å²) >= 11 is 0. The van der Waals surface area contributed by atoms with Gasteiger partial charge in [-0.2, -0.15) is 0 Å². The average Bonchev–Trinajstić information content (AvgIpc) is 2.32. The molecule has 0 aromatic carbocycles. The second kappa shape index (κ2) is 14.4. The van der Waals surface area contributed by atoms with Gasteiger partial charge in [-0.3, -0.25) is 9.59 Å². The summed E-state index contributed by atoms with van der Waals surface area (Å²) in [4.78, 5) is 29.5. The highest BCUT2D eigenvalue weighted by Gasteiger charge is 2.24. The molecule has 0 radical (unpaired) electrons. The normalized spacial score (nSPS) is 9.37. The van der Waals surface area contributed by atoms with Gasteiger partial charge in [-0.25, -0.2) is 10.2 Å². The highest BCUT2D eigenvalue weighted by Crippen LogP contribution is 2.13. The smallest absolute Gasteiger partial charge is 0.317 e. The molecule has 0 unspecified atom stereocenters. The first-order chi connectivity index (χ1) is 9.01. The van der Waals surface area contributed by atoms with E-state index in [2.05, 4.69) is 6.92 Å². The van der Waals surface area contributed by atoms with Gasteiger partial charge in [0.1, 0.15) is 0 Å². The molecule has 0 aliphatic carbocycles. The Balaban J connectivity index is 0. The van der Waals surface area contributed by atoms with E-state index in [0.29, 0.717) is 6.42 Å². The van der Waals surface area contributed by atoms with Crippen molar-refractivity contribution in [2.75, 3.05) is 0 Å². The van der Waals surface area contributed by atoms with Crippen LogP contribution in [0, 0.1) is 11.3 Å². The van der Waals surface area contributed by atoms with Crippen LogP contribution in [0.3, 0.4) is 0 Å². The standard InChI is InChI=1S/C12H22O4.CHNO/c1-2-3-4-5-6-7-8-9-10(11(13)14)12(15)16;2-1-3/h10H,2-9H2,1H3,(H,13,14)(H,15,16);2H. The zero-order chi connectivity index (χ0) is 15.1. The van der Waals surface area contributed by atoms with E-state index in [4.69, 9.17) is 20.4 Å². The molecule has 0 aliphatic heterocycles. The van der Waals surface area contributed by atoms with E-state index in [-0.39, 0.29) is 6.42 Å². The maximum atomic E-state index is 10.6. The zero-order valence-corrected chi connectivity index (χ0v) is 11.4. The number of hydrogen-bond acceptors (Lipinski definition) is 4. The van der Waals surface area contributed by atoms with Crippen LogP contribution < -0.4 is 0 Å². The number of carboxylic acids is 2. The van der Waals surface area contributed by atoms with Gasteiger partial charge in [0.2, 0.25) is 6.08 Å². The Morgan fingerprint density at radius 3 is 1.74 bits per heavy atom. The van der Waals surface area contributed by atoms with Gasteiger partial charge in [-0.1, -0.05) is 51.9 Å². The second-order valence-corrected chi connectivity index (χ2v) is 4.24. The SMILES string of the molecule is CCCCCCCCCC(C(=O)O)C(=O)O.N=C=O. The van der Waals surface area contributed by atoms with Crippen molar-refractivity contribution in [3.05, 3.63) is 0 Å². The van der Waals surface area contributed by atoms with Crippen LogP contribution in [0.5, 0.6) is 0 Å². The molecule has 0 bridgehead atoms. The fraction of sp³-hybridized carbons (Fsp3) is 0.769. The van der Waals surface area contributed by atoms with Crippen molar-refractivity contribution in [1.29, 1.82) is 5.41 Å². The van der Waals surface area contributed by atoms with E-state index < -0.39 is 17.9 Å². The minimum atomic E-state index is -1.23. The first-order valence-electron chi connectivity index (χ1n) is 6.50. The molecule has 0 fully saturated rings.